The molecule has 1 N–H and O–H groups in total. The Hall–Kier alpha value is -0.980. The van der Waals surface area contributed by atoms with Gasteiger partial charge in [0.15, 0.2) is 6.61 Å². The van der Waals surface area contributed by atoms with E-state index in [-0.39, 0.29) is 6.54 Å². The van der Waals surface area contributed by atoms with Crippen molar-refractivity contribution in [3.05, 3.63) is 0 Å². The van der Waals surface area contributed by atoms with Gasteiger partial charge in [-0.1, -0.05) is 6.92 Å². The first-order valence-corrected chi connectivity index (χ1v) is 5.44. The number of carbonyl (C=O) groups is 1. The summed E-state index contributed by atoms with van der Waals surface area (Å²) in [7, 11) is 1.89. The Labute approximate surface area is 99.1 Å². The molecule has 17 heavy (non-hydrogen) atoms. The molecule has 0 aliphatic heterocycles. The van der Waals surface area contributed by atoms with Crippen LogP contribution >= 0.6 is 0 Å². The summed E-state index contributed by atoms with van der Waals surface area (Å²) in [5, 5.41) is 2.26. The lowest BCUT2D eigenvalue weighted by Crippen LogP contribution is -2.38. The Balaban J connectivity index is 3.65. The van der Waals surface area contributed by atoms with Crippen molar-refractivity contribution in [3.8, 4) is 0 Å². The third-order valence-corrected chi connectivity index (χ3v) is 2.44. The van der Waals surface area contributed by atoms with Gasteiger partial charge >= 0.3 is 12.3 Å². The van der Waals surface area contributed by atoms with Crippen LogP contribution in [-0.2, 0) is 4.74 Å². The second-order valence-corrected chi connectivity index (χ2v) is 3.86. The standard InChI is InChI=1S/C10H19F3N2O2/c1-4-8(2)15(3)6-5-14-9(16)17-7-10(11,12)13/h8H,4-7H2,1-3H3,(H,14,16). The highest BCUT2D eigenvalue weighted by Gasteiger charge is 2.29. The second-order valence-electron chi connectivity index (χ2n) is 3.86. The number of amides is 1. The number of likely N-dealkylation sites (N-methyl/N-ethyl adjacent to an activating group) is 1. The zero-order valence-electron chi connectivity index (χ0n) is 10.3. The van der Waals surface area contributed by atoms with E-state index in [0.717, 1.165) is 6.42 Å². The minimum Gasteiger partial charge on any atom is -0.440 e. The average molecular weight is 256 g/mol. The van der Waals surface area contributed by atoms with Crippen LogP contribution in [0, 0.1) is 0 Å². The quantitative estimate of drug-likeness (QED) is 0.790. The number of nitrogens with zero attached hydrogens (tertiary/aromatic N) is 1. The molecule has 0 saturated heterocycles. The minimum absolute atomic E-state index is 0.261. The molecule has 0 saturated carbocycles. The van der Waals surface area contributed by atoms with Gasteiger partial charge in [-0.2, -0.15) is 13.2 Å². The number of nitrogens with one attached hydrogen (secondary N) is 1. The van der Waals surface area contributed by atoms with E-state index in [1.165, 1.54) is 0 Å². The molecule has 4 nitrogen and oxygen atoms in total. The van der Waals surface area contributed by atoms with E-state index in [9.17, 15) is 18.0 Å². The molecule has 0 bridgehead atoms. The molecule has 0 aliphatic carbocycles. The monoisotopic (exact) mass is 256 g/mol. The Bertz CT molecular complexity index is 234. The Morgan fingerprint density at radius 1 is 1.47 bits per heavy atom. The van der Waals surface area contributed by atoms with E-state index >= 15 is 0 Å². The van der Waals surface area contributed by atoms with Crippen molar-refractivity contribution in [3.63, 3.8) is 0 Å². The number of halogens is 3. The molecule has 0 aromatic rings. The number of alkyl halides is 3. The summed E-state index contributed by atoms with van der Waals surface area (Å²) < 4.78 is 39.1. The maximum absolute atomic E-state index is 11.7. The lowest BCUT2D eigenvalue weighted by atomic mass is 10.2. The summed E-state index contributed by atoms with van der Waals surface area (Å²) in [5.41, 5.74) is 0. The smallest absolute Gasteiger partial charge is 0.422 e. The molecular weight excluding hydrogens is 237 g/mol. The van der Waals surface area contributed by atoms with E-state index in [0.29, 0.717) is 12.6 Å². The van der Waals surface area contributed by atoms with Crippen LogP contribution in [0.25, 0.3) is 0 Å². The fourth-order valence-electron chi connectivity index (χ4n) is 1.06. The van der Waals surface area contributed by atoms with E-state index in [1.807, 2.05) is 25.8 Å². The van der Waals surface area contributed by atoms with Crippen LogP contribution < -0.4 is 5.32 Å². The second kappa shape index (κ2) is 7.37. The van der Waals surface area contributed by atoms with Crippen molar-refractivity contribution < 1.29 is 22.7 Å². The van der Waals surface area contributed by atoms with Crippen LogP contribution in [0.4, 0.5) is 18.0 Å². The number of alkyl carbamates (subject to hydrolysis) is 1. The van der Waals surface area contributed by atoms with Crippen molar-refractivity contribution in [1.82, 2.24) is 10.2 Å². The first kappa shape index (κ1) is 16.0. The van der Waals surface area contributed by atoms with E-state index in [2.05, 4.69) is 10.1 Å². The molecule has 1 atom stereocenters. The molecule has 0 radical (unpaired) electrons. The summed E-state index contributed by atoms with van der Waals surface area (Å²) >= 11 is 0. The van der Waals surface area contributed by atoms with Gasteiger partial charge in [0.2, 0.25) is 0 Å². The van der Waals surface area contributed by atoms with Crippen LogP contribution in [-0.4, -0.2) is 50.0 Å². The lowest BCUT2D eigenvalue weighted by molar-refractivity contribution is -0.160. The van der Waals surface area contributed by atoms with Gasteiger partial charge in [0.25, 0.3) is 0 Å². The van der Waals surface area contributed by atoms with Crippen molar-refractivity contribution in [2.24, 2.45) is 0 Å². The van der Waals surface area contributed by atoms with E-state index in [1.54, 1.807) is 0 Å². The highest BCUT2D eigenvalue weighted by atomic mass is 19.4. The molecule has 0 aliphatic rings. The summed E-state index contributed by atoms with van der Waals surface area (Å²) in [6.07, 6.45) is -4.56. The molecule has 7 heteroatoms. The Morgan fingerprint density at radius 3 is 2.53 bits per heavy atom. The largest absolute Gasteiger partial charge is 0.440 e. The molecule has 0 rings (SSSR count). The van der Waals surface area contributed by atoms with Gasteiger partial charge in [-0.15, -0.1) is 0 Å². The SMILES string of the molecule is CCC(C)N(C)CCNC(=O)OCC(F)(F)F. The van der Waals surface area contributed by atoms with E-state index in [4.69, 9.17) is 0 Å². The highest BCUT2D eigenvalue weighted by molar-refractivity contribution is 5.67. The summed E-state index contributed by atoms with van der Waals surface area (Å²) in [6.45, 7) is 3.34. The molecule has 102 valence electrons. The Kier molecular flexibility index (Phi) is 6.94. The molecule has 1 unspecified atom stereocenters. The van der Waals surface area contributed by atoms with E-state index < -0.39 is 18.9 Å². The summed E-state index contributed by atoms with van der Waals surface area (Å²) in [5.74, 6) is 0. The highest BCUT2D eigenvalue weighted by Crippen LogP contribution is 2.14. The number of rotatable bonds is 6. The van der Waals surface area contributed by atoms with Gasteiger partial charge in [0.1, 0.15) is 0 Å². The van der Waals surface area contributed by atoms with Crippen LogP contribution in [0.3, 0.4) is 0 Å². The van der Waals surface area contributed by atoms with Gasteiger partial charge < -0.3 is 15.0 Å². The molecule has 0 heterocycles. The third-order valence-electron chi connectivity index (χ3n) is 2.44. The fourth-order valence-corrected chi connectivity index (χ4v) is 1.06. The van der Waals surface area contributed by atoms with Crippen molar-refractivity contribution in [2.75, 3.05) is 26.7 Å². The van der Waals surface area contributed by atoms with Crippen molar-refractivity contribution >= 4 is 6.09 Å². The molecule has 1 amide bonds. The van der Waals surface area contributed by atoms with Gasteiger partial charge in [-0.3, -0.25) is 0 Å². The third kappa shape index (κ3) is 8.79. The fraction of sp³-hybridized carbons (Fsp3) is 0.900. The first-order chi connectivity index (χ1) is 7.76. The number of hydrogen-bond acceptors (Lipinski definition) is 3. The zero-order valence-corrected chi connectivity index (χ0v) is 10.3. The number of carbonyl (C=O) groups excluding carboxylic acids is 1. The minimum atomic E-state index is -4.48. The maximum Gasteiger partial charge on any atom is 0.422 e. The van der Waals surface area contributed by atoms with Gasteiger partial charge in [-0.25, -0.2) is 4.79 Å². The van der Waals surface area contributed by atoms with Crippen LogP contribution in [0.2, 0.25) is 0 Å². The molecular formula is C10H19F3N2O2. The van der Waals surface area contributed by atoms with Gasteiger partial charge in [0, 0.05) is 19.1 Å². The van der Waals surface area contributed by atoms with Crippen LogP contribution in [0.15, 0.2) is 0 Å². The topological polar surface area (TPSA) is 41.6 Å². The molecule has 0 aromatic carbocycles. The lowest BCUT2D eigenvalue weighted by Gasteiger charge is -2.23. The van der Waals surface area contributed by atoms with Crippen molar-refractivity contribution in [1.29, 1.82) is 0 Å². The zero-order chi connectivity index (χ0) is 13.5. The summed E-state index contributed by atoms with van der Waals surface area (Å²) in [6, 6.07) is 0.364. The van der Waals surface area contributed by atoms with Crippen LogP contribution in [0.1, 0.15) is 20.3 Å². The average Bonchev–Trinajstić information content (AvgIpc) is 2.24. The number of hydrogen-bond donors (Lipinski definition) is 1. The summed E-state index contributed by atoms with van der Waals surface area (Å²) in [4.78, 5) is 12.9. The van der Waals surface area contributed by atoms with Gasteiger partial charge in [-0.05, 0) is 20.4 Å². The predicted molar refractivity (Wildman–Crippen MR) is 57.8 cm³/mol. The number of ether oxygens (including phenoxy) is 1. The van der Waals surface area contributed by atoms with Crippen LogP contribution in [0.5, 0.6) is 0 Å². The molecule has 0 aromatic heterocycles. The first-order valence-electron chi connectivity index (χ1n) is 5.44. The molecule has 0 spiro atoms. The molecule has 0 fully saturated rings. The predicted octanol–water partition coefficient (Wildman–Crippen LogP) is 2.01. The van der Waals surface area contributed by atoms with Gasteiger partial charge in [0.05, 0.1) is 0 Å². The van der Waals surface area contributed by atoms with Crippen molar-refractivity contribution in [2.45, 2.75) is 32.5 Å². The maximum atomic E-state index is 11.7. The Morgan fingerprint density at radius 2 is 2.06 bits per heavy atom. The normalized spacial score (nSPS) is 13.6.